The number of aromatic nitrogens is 3. The second kappa shape index (κ2) is 8.50. The van der Waals surface area contributed by atoms with Crippen molar-refractivity contribution in [3.05, 3.63) is 46.5 Å². The quantitative estimate of drug-likeness (QED) is 0.538. The van der Waals surface area contributed by atoms with Crippen LogP contribution in [0.1, 0.15) is 5.56 Å². The van der Waals surface area contributed by atoms with Crippen LogP contribution in [0, 0.1) is 10.1 Å². The van der Waals surface area contributed by atoms with Gasteiger partial charge in [0.2, 0.25) is 11.6 Å². The van der Waals surface area contributed by atoms with Crippen LogP contribution in [0.25, 0.3) is 0 Å². The van der Waals surface area contributed by atoms with E-state index in [1.165, 1.54) is 6.33 Å². The molecule has 2 N–H and O–H groups in total. The van der Waals surface area contributed by atoms with Gasteiger partial charge in [-0.05, 0) is 11.6 Å². The Bertz CT molecular complexity index is 736. The lowest BCUT2D eigenvalue weighted by atomic mass is 10.2. The number of piperazine rings is 1. The van der Waals surface area contributed by atoms with Crippen molar-refractivity contribution in [3.63, 3.8) is 0 Å². The van der Waals surface area contributed by atoms with Gasteiger partial charge in [0.15, 0.2) is 0 Å². The zero-order chi connectivity index (χ0) is 18.4. The molecule has 1 aliphatic heterocycles. The molecule has 0 aromatic carbocycles. The van der Waals surface area contributed by atoms with Gasteiger partial charge in [0, 0.05) is 51.7 Å². The van der Waals surface area contributed by atoms with Crippen LogP contribution in [0.4, 0.5) is 17.3 Å². The summed E-state index contributed by atoms with van der Waals surface area (Å²) in [5.41, 5.74) is 0.784. The number of aliphatic hydroxyl groups excluding tert-OH is 1. The molecule has 0 atom stereocenters. The molecule has 26 heavy (non-hydrogen) atoms. The zero-order valence-corrected chi connectivity index (χ0v) is 14.3. The van der Waals surface area contributed by atoms with Gasteiger partial charge in [-0.25, -0.2) is 9.97 Å². The topological polar surface area (TPSA) is 121 Å². The fourth-order valence-electron chi connectivity index (χ4n) is 2.91. The number of hydrogen-bond acceptors (Lipinski definition) is 9. The molecule has 1 saturated heterocycles. The van der Waals surface area contributed by atoms with Crippen molar-refractivity contribution in [2.75, 3.05) is 49.5 Å². The molecule has 10 nitrogen and oxygen atoms in total. The number of aliphatic hydroxyl groups is 1. The van der Waals surface area contributed by atoms with E-state index < -0.39 is 4.92 Å². The highest BCUT2D eigenvalue weighted by atomic mass is 16.6. The fraction of sp³-hybridized carbons (Fsp3) is 0.438. The van der Waals surface area contributed by atoms with Crippen LogP contribution in [0.2, 0.25) is 0 Å². The summed E-state index contributed by atoms with van der Waals surface area (Å²) in [5, 5.41) is 23.7. The van der Waals surface area contributed by atoms with Gasteiger partial charge in [0.25, 0.3) is 0 Å². The summed E-state index contributed by atoms with van der Waals surface area (Å²) in [4.78, 5) is 27.5. The summed E-state index contributed by atoms with van der Waals surface area (Å²) in [6, 6.07) is 3.69. The van der Waals surface area contributed by atoms with E-state index in [0.717, 1.165) is 18.7 Å². The van der Waals surface area contributed by atoms with E-state index in [4.69, 9.17) is 5.11 Å². The molecule has 138 valence electrons. The Morgan fingerprint density at radius 2 is 2.08 bits per heavy atom. The number of rotatable bonds is 7. The first-order valence-electron chi connectivity index (χ1n) is 8.39. The second-order valence-corrected chi connectivity index (χ2v) is 5.92. The maximum atomic E-state index is 11.7. The Morgan fingerprint density at radius 3 is 2.73 bits per heavy atom. The molecular weight excluding hydrogens is 338 g/mol. The average molecular weight is 359 g/mol. The number of β-amino-alcohol motifs (C(OH)–C–C–N with tert-alkyl or cyclic N) is 1. The van der Waals surface area contributed by atoms with E-state index in [1.54, 1.807) is 12.4 Å². The highest BCUT2D eigenvalue weighted by molar-refractivity contribution is 5.70. The lowest BCUT2D eigenvalue weighted by Crippen LogP contribution is -2.47. The summed E-state index contributed by atoms with van der Waals surface area (Å²) in [7, 11) is 0. The molecule has 2 aromatic rings. The summed E-state index contributed by atoms with van der Waals surface area (Å²) in [6.07, 6.45) is 4.71. The molecule has 0 amide bonds. The zero-order valence-electron chi connectivity index (χ0n) is 14.3. The monoisotopic (exact) mass is 359 g/mol. The van der Waals surface area contributed by atoms with Gasteiger partial charge in [-0.3, -0.25) is 20.0 Å². The maximum Gasteiger partial charge on any atom is 0.353 e. The molecule has 1 aliphatic rings. The highest BCUT2D eigenvalue weighted by Crippen LogP contribution is 2.32. The standard InChI is InChI=1S/C16H21N7O3/c24-9-8-21-4-6-22(7-5-21)16-14(23(25)26)15(19-12-20-16)18-11-13-2-1-3-17-10-13/h1-3,10,12,24H,4-9,11H2,(H,18,19,20). The molecule has 0 radical (unpaired) electrons. The van der Waals surface area contributed by atoms with Gasteiger partial charge in [-0.15, -0.1) is 0 Å². The molecule has 0 unspecified atom stereocenters. The van der Waals surface area contributed by atoms with E-state index in [2.05, 4.69) is 25.2 Å². The smallest absolute Gasteiger partial charge is 0.353 e. The first-order chi connectivity index (χ1) is 12.7. The highest BCUT2D eigenvalue weighted by Gasteiger charge is 2.29. The molecule has 0 bridgehead atoms. The van der Waals surface area contributed by atoms with E-state index in [9.17, 15) is 10.1 Å². The number of pyridine rings is 1. The molecule has 0 aliphatic carbocycles. The van der Waals surface area contributed by atoms with Gasteiger partial charge in [0.1, 0.15) is 6.33 Å². The number of hydrogen-bond donors (Lipinski definition) is 2. The van der Waals surface area contributed by atoms with E-state index in [1.807, 2.05) is 17.0 Å². The minimum atomic E-state index is -0.443. The van der Waals surface area contributed by atoms with Crippen molar-refractivity contribution in [1.29, 1.82) is 0 Å². The van der Waals surface area contributed by atoms with Gasteiger partial charge < -0.3 is 15.3 Å². The number of nitrogens with one attached hydrogen (secondary N) is 1. The Labute approximate surface area is 150 Å². The van der Waals surface area contributed by atoms with Gasteiger partial charge in [0.05, 0.1) is 11.5 Å². The van der Waals surface area contributed by atoms with Crippen LogP contribution in [0.5, 0.6) is 0 Å². The molecule has 1 fully saturated rings. The van der Waals surface area contributed by atoms with Gasteiger partial charge in [-0.2, -0.15) is 0 Å². The summed E-state index contributed by atoms with van der Waals surface area (Å²) in [6.45, 7) is 3.77. The van der Waals surface area contributed by atoms with Crippen molar-refractivity contribution in [2.24, 2.45) is 0 Å². The van der Waals surface area contributed by atoms with Crippen LogP contribution in [0.3, 0.4) is 0 Å². The Balaban J connectivity index is 1.77. The van der Waals surface area contributed by atoms with Crippen LogP contribution in [0.15, 0.2) is 30.9 Å². The van der Waals surface area contributed by atoms with Crippen molar-refractivity contribution >= 4 is 17.3 Å². The average Bonchev–Trinajstić information content (AvgIpc) is 2.67. The Morgan fingerprint density at radius 1 is 1.27 bits per heavy atom. The van der Waals surface area contributed by atoms with Crippen molar-refractivity contribution in [1.82, 2.24) is 19.9 Å². The second-order valence-electron chi connectivity index (χ2n) is 5.92. The third-order valence-corrected chi connectivity index (χ3v) is 4.26. The third-order valence-electron chi connectivity index (χ3n) is 4.26. The van der Waals surface area contributed by atoms with E-state index >= 15 is 0 Å². The normalized spacial score (nSPS) is 15.0. The Kier molecular flexibility index (Phi) is 5.87. The number of nitro groups is 1. The SMILES string of the molecule is O=[N+]([O-])c1c(NCc2cccnc2)ncnc1N1CCN(CCO)CC1. The fourth-order valence-corrected chi connectivity index (χ4v) is 2.91. The molecule has 10 heteroatoms. The predicted octanol–water partition coefficient (Wildman–Crippen LogP) is 0.506. The van der Waals surface area contributed by atoms with Crippen molar-refractivity contribution < 1.29 is 10.0 Å². The van der Waals surface area contributed by atoms with Crippen LogP contribution >= 0.6 is 0 Å². The lowest BCUT2D eigenvalue weighted by molar-refractivity contribution is -0.383. The first kappa shape index (κ1) is 18.0. The third kappa shape index (κ3) is 4.21. The summed E-state index contributed by atoms with van der Waals surface area (Å²) in [5.74, 6) is 0.518. The number of nitrogens with zero attached hydrogens (tertiary/aromatic N) is 6. The molecule has 3 rings (SSSR count). The van der Waals surface area contributed by atoms with Crippen LogP contribution in [-0.4, -0.2) is 69.2 Å². The van der Waals surface area contributed by atoms with Gasteiger partial charge >= 0.3 is 5.69 Å². The molecule has 0 saturated carbocycles. The van der Waals surface area contributed by atoms with Gasteiger partial charge in [-0.1, -0.05) is 6.07 Å². The largest absolute Gasteiger partial charge is 0.395 e. The Hall–Kier alpha value is -2.85. The van der Waals surface area contributed by atoms with Crippen molar-refractivity contribution in [2.45, 2.75) is 6.54 Å². The summed E-state index contributed by atoms with van der Waals surface area (Å²) < 4.78 is 0. The molecule has 3 heterocycles. The summed E-state index contributed by atoms with van der Waals surface area (Å²) >= 11 is 0. The van der Waals surface area contributed by atoms with E-state index in [0.29, 0.717) is 32.0 Å². The molecule has 2 aromatic heterocycles. The number of anilines is 2. The minimum absolute atomic E-state index is 0.107. The lowest BCUT2D eigenvalue weighted by Gasteiger charge is -2.34. The van der Waals surface area contributed by atoms with Crippen LogP contribution in [-0.2, 0) is 6.54 Å². The van der Waals surface area contributed by atoms with Crippen LogP contribution < -0.4 is 10.2 Å². The van der Waals surface area contributed by atoms with E-state index in [-0.39, 0.29) is 18.1 Å². The minimum Gasteiger partial charge on any atom is -0.395 e. The molecular formula is C16H21N7O3. The predicted molar refractivity (Wildman–Crippen MR) is 96.0 cm³/mol. The van der Waals surface area contributed by atoms with Crippen molar-refractivity contribution in [3.8, 4) is 0 Å². The maximum absolute atomic E-state index is 11.7. The first-order valence-corrected chi connectivity index (χ1v) is 8.39. The molecule has 0 spiro atoms.